The SMILES string of the molecule is COC(=O)c1ccccc1NC(=O)C(C)Sc1ccccc1. The summed E-state index contributed by atoms with van der Waals surface area (Å²) >= 11 is 1.46. The van der Waals surface area contributed by atoms with E-state index in [9.17, 15) is 9.59 Å². The number of anilines is 1. The lowest BCUT2D eigenvalue weighted by Crippen LogP contribution is -2.23. The molecule has 1 N–H and O–H groups in total. The van der Waals surface area contributed by atoms with Crippen LogP contribution in [0.1, 0.15) is 17.3 Å². The molecule has 0 aliphatic heterocycles. The minimum atomic E-state index is -0.473. The Kier molecular flexibility index (Phi) is 5.61. The summed E-state index contributed by atoms with van der Waals surface area (Å²) in [6.45, 7) is 1.83. The van der Waals surface area contributed by atoms with Gasteiger partial charge in [-0.1, -0.05) is 30.3 Å². The van der Waals surface area contributed by atoms with Gasteiger partial charge >= 0.3 is 5.97 Å². The first-order chi connectivity index (χ1) is 10.6. The molecule has 0 aromatic heterocycles. The van der Waals surface area contributed by atoms with E-state index in [-0.39, 0.29) is 11.2 Å². The highest BCUT2D eigenvalue weighted by Gasteiger charge is 2.18. The fourth-order valence-corrected chi connectivity index (χ4v) is 2.76. The second-order valence-corrected chi connectivity index (χ2v) is 6.01. The van der Waals surface area contributed by atoms with Crippen molar-refractivity contribution in [1.82, 2.24) is 0 Å². The van der Waals surface area contributed by atoms with Gasteiger partial charge in [0.25, 0.3) is 0 Å². The molecule has 0 heterocycles. The Hall–Kier alpha value is -2.27. The maximum Gasteiger partial charge on any atom is 0.339 e. The predicted molar refractivity (Wildman–Crippen MR) is 88.2 cm³/mol. The fourth-order valence-electron chi connectivity index (χ4n) is 1.87. The molecule has 0 aliphatic carbocycles. The zero-order chi connectivity index (χ0) is 15.9. The third kappa shape index (κ3) is 4.11. The fraction of sp³-hybridized carbons (Fsp3) is 0.176. The number of carbonyl (C=O) groups excluding carboxylic acids is 2. The van der Waals surface area contributed by atoms with Crippen molar-refractivity contribution in [2.24, 2.45) is 0 Å². The van der Waals surface area contributed by atoms with E-state index in [2.05, 4.69) is 5.32 Å². The van der Waals surface area contributed by atoms with Crippen LogP contribution in [0.3, 0.4) is 0 Å². The number of hydrogen-bond donors (Lipinski definition) is 1. The van der Waals surface area contributed by atoms with Crippen molar-refractivity contribution >= 4 is 29.3 Å². The average molecular weight is 315 g/mol. The summed E-state index contributed by atoms with van der Waals surface area (Å²) in [5.41, 5.74) is 0.801. The van der Waals surface area contributed by atoms with Crippen molar-refractivity contribution in [3.05, 3.63) is 60.2 Å². The quantitative estimate of drug-likeness (QED) is 0.676. The van der Waals surface area contributed by atoms with E-state index < -0.39 is 5.97 Å². The first-order valence-electron chi connectivity index (χ1n) is 6.81. The van der Waals surface area contributed by atoms with Crippen LogP contribution < -0.4 is 5.32 Å². The zero-order valence-electron chi connectivity index (χ0n) is 12.4. The molecule has 1 atom stereocenters. The van der Waals surface area contributed by atoms with Gasteiger partial charge in [0.05, 0.1) is 23.6 Å². The highest BCUT2D eigenvalue weighted by molar-refractivity contribution is 8.00. The second-order valence-electron chi connectivity index (χ2n) is 4.60. The van der Waals surface area contributed by atoms with E-state index in [0.717, 1.165) is 4.90 Å². The summed E-state index contributed by atoms with van der Waals surface area (Å²) in [5, 5.41) is 2.50. The lowest BCUT2D eigenvalue weighted by molar-refractivity contribution is -0.115. The number of nitrogens with one attached hydrogen (secondary N) is 1. The zero-order valence-corrected chi connectivity index (χ0v) is 13.2. The number of amides is 1. The van der Waals surface area contributed by atoms with E-state index in [1.165, 1.54) is 18.9 Å². The minimum Gasteiger partial charge on any atom is -0.465 e. The van der Waals surface area contributed by atoms with Gasteiger partial charge in [0, 0.05) is 4.90 Å². The van der Waals surface area contributed by atoms with Gasteiger partial charge in [-0.3, -0.25) is 4.79 Å². The van der Waals surface area contributed by atoms with Gasteiger partial charge in [-0.2, -0.15) is 0 Å². The molecule has 0 bridgehead atoms. The monoisotopic (exact) mass is 315 g/mol. The highest BCUT2D eigenvalue weighted by Crippen LogP contribution is 2.24. The number of thioether (sulfide) groups is 1. The molecule has 0 saturated carbocycles. The predicted octanol–water partition coefficient (Wildman–Crippen LogP) is 3.59. The van der Waals surface area contributed by atoms with Crippen molar-refractivity contribution in [2.45, 2.75) is 17.1 Å². The van der Waals surface area contributed by atoms with Crippen molar-refractivity contribution < 1.29 is 14.3 Å². The van der Waals surface area contributed by atoms with Crippen molar-refractivity contribution in [3.8, 4) is 0 Å². The van der Waals surface area contributed by atoms with Gasteiger partial charge in [0.1, 0.15) is 0 Å². The lowest BCUT2D eigenvalue weighted by atomic mass is 10.2. The Morgan fingerprint density at radius 2 is 1.68 bits per heavy atom. The Labute approximate surface area is 133 Å². The van der Waals surface area contributed by atoms with Crippen LogP contribution in [0.5, 0.6) is 0 Å². The molecule has 5 heteroatoms. The van der Waals surface area contributed by atoms with E-state index in [1.54, 1.807) is 24.3 Å². The molecule has 0 spiro atoms. The van der Waals surface area contributed by atoms with E-state index in [0.29, 0.717) is 11.3 Å². The second kappa shape index (κ2) is 7.66. The molecule has 0 radical (unpaired) electrons. The van der Waals surface area contributed by atoms with Gasteiger partial charge < -0.3 is 10.1 Å². The van der Waals surface area contributed by atoms with Crippen LogP contribution in [0.25, 0.3) is 0 Å². The van der Waals surface area contributed by atoms with Crippen LogP contribution in [-0.2, 0) is 9.53 Å². The Bertz CT molecular complexity index is 658. The summed E-state index contributed by atoms with van der Waals surface area (Å²) < 4.78 is 4.72. The standard InChI is InChI=1S/C17H17NO3S/c1-12(22-13-8-4-3-5-9-13)16(19)18-15-11-7-6-10-14(15)17(20)21-2/h3-12H,1-2H3,(H,18,19). The Morgan fingerprint density at radius 3 is 2.36 bits per heavy atom. The molecule has 4 nitrogen and oxygen atoms in total. The molecule has 2 aromatic carbocycles. The molecular formula is C17H17NO3S. The van der Waals surface area contributed by atoms with E-state index >= 15 is 0 Å². The number of hydrogen-bond acceptors (Lipinski definition) is 4. The number of para-hydroxylation sites is 1. The topological polar surface area (TPSA) is 55.4 Å². The molecule has 0 aliphatic rings. The molecule has 2 rings (SSSR count). The summed E-state index contributed by atoms with van der Waals surface area (Å²) in [6.07, 6.45) is 0. The normalized spacial score (nSPS) is 11.5. The van der Waals surface area contributed by atoms with Crippen molar-refractivity contribution in [2.75, 3.05) is 12.4 Å². The number of methoxy groups -OCH3 is 1. The van der Waals surface area contributed by atoms with Gasteiger partial charge in [-0.25, -0.2) is 4.79 Å². The Balaban J connectivity index is 2.07. The third-order valence-electron chi connectivity index (χ3n) is 3.02. The summed E-state index contributed by atoms with van der Waals surface area (Å²) in [4.78, 5) is 25.0. The lowest BCUT2D eigenvalue weighted by Gasteiger charge is -2.14. The summed E-state index contributed by atoms with van der Waals surface area (Å²) in [7, 11) is 1.31. The van der Waals surface area contributed by atoms with Crippen LogP contribution in [0.15, 0.2) is 59.5 Å². The smallest absolute Gasteiger partial charge is 0.339 e. The third-order valence-corrected chi connectivity index (χ3v) is 4.13. The van der Waals surface area contributed by atoms with Gasteiger partial charge in [-0.15, -0.1) is 11.8 Å². The van der Waals surface area contributed by atoms with Crippen LogP contribution in [0.4, 0.5) is 5.69 Å². The molecule has 1 unspecified atom stereocenters. The molecule has 0 saturated heterocycles. The largest absolute Gasteiger partial charge is 0.465 e. The number of rotatable bonds is 5. The van der Waals surface area contributed by atoms with Crippen LogP contribution in [0.2, 0.25) is 0 Å². The van der Waals surface area contributed by atoms with Crippen molar-refractivity contribution in [3.63, 3.8) is 0 Å². The number of ether oxygens (including phenoxy) is 1. The van der Waals surface area contributed by atoms with Gasteiger partial charge in [-0.05, 0) is 31.2 Å². The van der Waals surface area contributed by atoms with Crippen LogP contribution >= 0.6 is 11.8 Å². The van der Waals surface area contributed by atoms with Crippen molar-refractivity contribution in [1.29, 1.82) is 0 Å². The van der Waals surface area contributed by atoms with Crippen LogP contribution in [-0.4, -0.2) is 24.2 Å². The summed E-state index contributed by atoms with van der Waals surface area (Å²) in [5.74, 6) is -0.635. The summed E-state index contributed by atoms with van der Waals surface area (Å²) in [6, 6.07) is 16.5. The molecule has 22 heavy (non-hydrogen) atoms. The van der Waals surface area contributed by atoms with E-state index in [1.807, 2.05) is 37.3 Å². The highest BCUT2D eigenvalue weighted by atomic mass is 32.2. The number of carbonyl (C=O) groups is 2. The molecule has 2 aromatic rings. The molecule has 1 amide bonds. The first-order valence-corrected chi connectivity index (χ1v) is 7.69. The average Bonchev–Trinajstić information content (AvgIpc) is 2.55. The number of esters is 1. The molecule has 114 valence electrons. The number of benzene rings is 2. The van der Waals surface area contributed by atoms with Crippen LogP contribution in [0, 0.1) is 0 Å². The maximum atomic E-state index is 12.3. The van der Waals surface area contributed by atoms with E-state index in [4.69, 9.17) is 4.74 Å². The maximum absolute atomic E-state index is 12.3. The van der Waals surface area contributed by atoms with Gasteiger partial charge in [0.15, 0.2) is 0 Å². The molecular weight excluding hydrogens is 298 g/mol. The Morgan fingerprint density at radius 1 is 1.05 bits per heavy atom. The van der Waals surface area contributed by atoms with Gasteiger partial charge in [0.2, 0.25) is 5.91 Å². The molecule has 0 fully saturated rings. The first kappa shape index (κ1) is 16.1. The minimum absolute atomic E-state index is 0.162.